The van der Waals surface area contributed by atoms with Crippen molar-refractivity contribution in [2.24, 2.45) is 5.92 Å². The van der Waals surface area contributed by atoms with Crippen LogP contribution in [-0.2, 0) is 11.8 Å². The molecule has 50 heavy (non-hydrogen) atoms. The number of amides is 3. The number of aryl methyl sites for hydroxylation is 3. The first-order valence-electron chi connectivity index (χ1n) is 17.2. The Hall–Kier alpha value is -5.51. The summed E-state index contributed by atoms with van der Waals surface area (Å²) in [6.07, 6.45) is 2.57. The molecule has 1 aliphatic heterocycles. The second-order valence-electron chi connectivity index (χ2n) is 14.3. The van der Waals surface area contributed by atoms with Crippen LogP contribution in [-0.4, -0.2) is 49.7 Å². The van der Waals surface area contributed by atoms with E-state index in [0.717, 1.165) is 64.5 Å². The van der Waals surface area contributed by atoms with Gasteiger partial charge in [0.25, 0.3) is 5.91 Å². The molecular formula is C40H46N8O2. The lowest BCUT2D eigenvalue weighted by Gasteiger charge is -2.32. The maximum Gasteiger partial charge on any atom is 0.324 e. The van der Waals surface area contributed by atoms with Gasteiger partial charge < -0.3 is 15.5 Å². The van der Waals surface area contributed by atoms with Crippen molar-refractivity contribution in [3.63, 3.8) is 0 Å². The van der Waals surface area contributed by atoms with Gasteiger partial charge in [0.05, 0.1) is 11.4 Å². The molecule has 3 aromatic carbocycles. The van der Waals surface area contributed by atoms with Crippen LogP contribution in [0.15, 0.2) is 84.9 Å². The van der Waals surface area contributed by atoms with Gasteiger partial charge in [-0.1, -0.05) is 62.7 Å². The van der Waals surface area contributed by atoms with Gasteiger partial charge in [-0.2, -0.15) is 5.10 Å². The van der Waals surface area contributed by atoms with Gasteiger partial charge in [-0.05, 0) is 94.0 Å². The quantitative estimate of drug-likeness (QED) is 0.153. The second-order valence-corrected chi connectivity index (χ2v) is 14.3. The summed E-state index contributed by atoms with van der Waals surface area (Å²) in [5.41, 5.74) is 7.75. The van der Waals surface area contributed by atoms with Crippen LogP contribution in [0.3, 0.4) is 0 Å². The number of hydrogen-bond donors (Lipinski definition) is 3. The number of aromatic nitrogens is 4. The minimum Gasteiger partial charge on any atom is -0.339 e. The molecule has 3 N–H and O–H groups in total. The van der Waals surface area contributed by atoms with Gasteiger partial charge in [0.2, 0.25) is 5.95 Å². The molecule has 0 saturated carbocycles. The molecule has 3 heterocycles. The minimum absolute atomic E-state index is 0.0201. The topological polar surface area (TPSA) is 117 Å². The molecule has 258 valence electrons. The van der Waals surface area contributed by atoms with Crippen molar-refractivity contribution in [3.8, 4) is 5.69 Å². The minimum atomic E-state index is -0.326. The molecule has 0 atom stereocenters. The molecule has 0 aliphatic carbocycles. The molecule has 2 aromatic heterocycles. The molecule has 0 spiro atoms. The fourth-order valence-corrected chi connectivity index (χ4v) is 6.28. The standard InChI is InChI=1S/C40H46N8O2/c1-26-14-16-33(17-15-26)48-36(25-35(46-48)40(4,5)6)45-39(50)44-34-13-8-7-10-30(34)23-29-18-20-47(21-19-29)37(49)31-11-9-12-32(24-31)43-38-41-27(2)22-28(3)42-38/h7-17,22,24-25,29H,18-21,23H2,1-6H3,(H,41,42,43)(H2,44,45,50). The van der Waals surface area contributed by atoms with Crippen molar-refractivity contribution in [3.05, 3.63) is 119 Å². The number of hydrogen-bond acceptors (Lipinski definition) is 6. The highest BCUT2D eigenvalue weighted by molar-refractivity contribution is 6.00. The largest absolute Gasteiger partial charge is 0.339 e. The van der Waals surface area contributed by atoms with Gasteiger partial charge in [0.15, 0.2) is 0 Å². The Balaban J connectivity index is 1.07. The molecule has 10 nitrogen and oxygen atoms in total. The zero-order valence-electron chi connectivity index (χ0n) is 29.7. The first kappa shape index (κ1) is 34.4. The lowest BCUT2D eigenvalue weighted by atomic mass is 9.89. The maximum atomic E-state index is 13.5. The SMILES string of the molecule is Cc1ccc(-n2nc(C(C)(C)C)cc2NC(=O)Nc2ccccc2CC2CCN(C(=O)c3cccc(Nc4nc(C)cc(C)n4)c3)CC2)cc1. The molecule has 5 aromatic rings. The number of urea groups is 1. The van der Waals surface area contributed by atoms with E-state index in [9.17, 15) is 9.59 Å². The average Bonchev–Trinajstić information content (AvgIpc) is 3.50. The Kier molecular flexibility index (Phi) is 9.99. The van der Waals surface area contributed by atoms with E-state index in [1.165, 1.54) is 0 Å². The number of carbonyl (C=O) groups is 2. The summed E-state index contributed by atoms with van der Waals surface area (Å²) in [5, 5.41) is 14.2. The predicted molar refractivity (Wildman–Crippen MR) is 200 cm³/mol. The van der Waals surface area contributed by atoms with E-state index >= 15 is 0 Å². The number of benzene rings is 3. The second kappa shape index (κ2) is 14.5. The number of carbonyl (C=O) groups excluding carboxylic acids is 2. The fourth-order valence-electron chi connectivity index (χ4n) is 6.28. The van der Waals surface area contributed by atoms with Crippen molar-refractivity contribution < 1.29 is 9.59 Å². The van der Waals surface area contributed by atoms with E-state index < -0.39 is 0 Å². The van der Waals surface area contributed by atoms with Crippen LogP contribution in [0.1, 0.15) is 72.2 Å². The molecule has 0 bridgehead atoms. The fraction of sp³-hybridized carbons (Fsp3) is 0.325. The summed E-state index contributed by atoms with van der Waals surface area (Å²) in [6.45, 7) is 13.6. The third-order valence-corrected chi connectivity index (χ3v) is 9.02. The van der Waals surface area contributed by atoms with Gasteiger partial charge in [-0.25, -0.2) is 19.4 Å². The summed E-state index contributed by atoms with van der Waals surface area (Å²) < 4.78 is 1.78. The van der Waals surface area contributed by atoms with E-state index in [0.29, 0.717) is 36.3 Å². The summed E-state index contributed by atoms with van der Waals surface area (Å²) in [7, 11) is 0. The third-order valence-electron chi connectivity index (χ3n) is 9.02. The van der Waals surface area contributed by atoms with Crippen LogP contribution in [0.2, 0.25) is 0 Å². The van der Waals surface area contributed by atoms with E-state index in [1.54, 1.807) is 4.68 Å². The number of nitrogens with zero attached hydrogens (tertiary/aromatic N) is 5. The van der Waals surface area contributed by atoms with Crippen LogP contribution >= 0.6 is 0 Å². The molecule has 1 aliphatic rings. The summed E-state index contributed by atoms with van der Waals surface area (Å²) in [6, 6.07) is 27.1. The number of likely N-dealkylation sites (tertiary alicyclic amines) is 1. The molecule has 10 heteroatoms. The predicted octanol–water partition coefficient (Wildman–Crippen LogP) is 8.37. The lowest BCUT2D eigenvalue weighted by molar-refractivity contribution is 0.0690. The van der Waals surface area contributed by atoms with Gasteiger partial charge in [0.1, 0.15) is 5.82 Å². The highest BCUT2D eigenvalue weighted by Gasteiger charge is 2.26. The first-order chi connectivity index (χ1) is 23.9. The smallest absolute Gasteiger partial charge is 0.324 e. The van der Waals surface area contributed by atoms with Crippen LogP contribution in [0, 0.1) is 26.7 Å². The van der Waals surface area contributed by atoms with E-state index in [4.69, 9.17) is 5.10 Å². The van der Waals surface area contributed by atoms with Gasteiger partial charge in [-0.3, -0.25) is 10.1 Å². The zero-order chi connectivity index (χ0) is 35.4. The van der Waals surface area contributed by atoms with E-state index in [1.807, 2.05) is 105 Å². The highest BCUT2D eigenvalue weighted by atomic mass is 16.2. The van der Waals surface area contributed by atoms with Crippen molar-refractivity contribution in [2.75, 3.05) is 29.0 Å². The monoisotopic (exact) mass is 670 g/mol. The lowest BCUT2D eigenvalue weighted by Crippen LogP contribution is -2.39. The number of rotatable bonds is 8. The molecule has 6 rings (SSSR count). The number of nitrogens with one attached hydrogen (secondary N) is 3. The average molecular weight is 671 g/mol. The molecule has 1 fully saturated rings. The van der Waals surface area contributed by atoms with E-state index in [2.05, 4.69) is 52.8 Å². The normalized spacial score (nSPS) is 13.6. The summed E-state index contributed by atoms with van der Waals surface area (Å²) >= 11 is 0. The third kappa shape index (κ3) is 8.37. The number of piperidine rings is 1. The van der Waals surface area contributed by atoms with Crippen molar-refractivity contribution >= 4 is 35.1 Å². The maximum absolute atomic E-state index is 13.5. The molecular weight excluding hydrogens is 624 g/mol. The molecule has 0 unspecified atom stereocenters. The number of para-hydroxylation sites is 1. The first-order valence-corrected chi connectivity index (χ1v) is 17.2. The number of anilines is 4. The highest BCUT2D eigenvalue weighted by Crippen LogP contribution is 2.29. The van der Waals surface area contributed by atoms with E-state index in [-0.39, 0.29) is 17.4 Å². The molecule has 1 saturated heterocycles. The van der Waals surface area contributed by atoms with Gasteiger partial charge in [0, 0.05) is 52.9 Å². The Labute approximate surface area is 294 Å². The summed E-state index contributed by atoms with van der Waals surface area (Å²) in [5.74, 6) is 1.53. The Morgan fingerprint density at radius 2 is 1.52 bits per heavy atom. The summed E-state index contributed by atoms with van der Waals surface area (Å²) in [4.78, 5) is 37.8. The van der Waals surface area contributed by atoms with Crippen molar-refractivity contribution in [1.29, 1.82) is 0 Å². The van der Waals surface area contributed by atoms with Crippen LogP contribution in [0.25, 0.3) is 5.69 Å². The van der Waals surface area contributed by atoms with Gasteiger partial charge in [-0.15, -0.1) is 0 Å². The molecule has 0 radical (unpaired) electrons. The molecule has 3 amide bonds. The van der Waals surface area contributed by atoms with Crippen LogP contribution in [0.5, 0.6) is 0 Å². The Morgan fingerprint density at radius 3 is 2.22 bits per heavy atom. The van der Waals surface area contributed by atoms with Gasteiger partial charge >= 0.3 is 6.03 Å². The van der Waals surface area contributed by atoms with Crippen molar-refractivity contribution in [1.82, 2.24) is 24.6 Å². The zero-order valence-corrected chi connectivity index (χ0v) is 29.7. The Morgan fingerprint density at radius 1 is 0.820 bits per heavy atom. The van der Waals surface area contributed by atoms with Crippen LogP contribution < -0.4 is 16.0 Å². The van der Waals surface area contributed by atoms with Crippen LogP contribution in [0.4, 0.5) is 27.9 Å². The van der Waals surface area contributed by atoms with Crippen molar-refractivity contribution in [2.45, 2.75) is 66.2 Å². The Bertz CT molecular complexity index is 1970.